The van der Waals surface area contributed by atoms with E-state index in [4.69, 9.17) is 2.74 Å². The molecule has 0 N–H and O–H groups in total. The summed E-state index contributed by atoms with van der Waals surface area (Å²) in [6.45, 7) is 11.1. The summed E-state index contributed by atoms with van der Waals surface area (Å²) in [5.74, 6) is 0.928. The second-order valence-electron chi connectivity index (χ2n) is 9.38. The molecule has 1 aromatic heterocycles. The van der Waals surface area contributed by atoms with Gasteiger partial charge < -0.3 is 0 Å². The minimum Gasteiger partial charge on any atom is -0.200 e. The first kappa shape index (κ1) is 18.8. The van der Waals surface area contributed by atoms with Crippen molar-refractivity contribution in [2.45, 2.75) is 47.0 Å². The van der Waals surface area contributed by atoms with E-state index in [-0.39, 0.29) is 6.17 Å². The molecule has 0 spiro atoms. The number of pyridine rings is 1. The topological polar surface area (TPSA) is 3.88 Å². The Balaban J connectivity index is 2.07. The molecule has 4 rings (SSSR count). The molecule has 0 fully saturated rings. The fourth-order valence-electron chi connectivity index (χ4n) is 4.59. The number of rotatable bonds is 5. The van der Waals surface area contributed by atoms with Crippen molar-refractivity contribution in [3.8, 4) is 22.4 Å². The van der Waals surface area contributed by atoms with Crippen LogP contribution in [0.2, 0.25) is 0 Å². The van der Waals surface area contributed by atoms with Gasteiger partial charge in [-0.2, -0.15) is 0 Å². The molecule has 0 aliphatic heterocycles. The molecule has 1 heteroatoms. The van der Waals surface area contributed by atoms with Crippen molar-refractivity contribution in [3.05, 3.63) is 89.6 Å². The van der Waals surface area contributed by atoms with Gasteiger partial charge >= 0.3 is 0 Å². The number of nitrogens with zero attached hydrogens (tertiary/aromatic N) is 1. The summed E-state index contributed by atoms with van der Waals surface area (Å²) in [7, 11) is 1.92. The highest BCUT2D eigenvalue weighted by Crippen LogP contribution is 2.36. The quantitative estimate of drug-likeness (QED) is 0.298. The van der Waals surface area contributed by atoms with E-state index in [1.807, 2.05) is 17.7 Å². The third kappa shape index (κ3) is 4.28. The van der Waals surface area contributed by atoms with Crippen molar-refractivity contribution in [1.82, 2.24) is 0 Å². The van der Waals surface area contributed by atoms with Gasteiger partial charge in [0.1, 0.15) is 8.42 Å². The molecule has 0 saturated heterocycles. The predicted octanol–water partition coefficient (Wildman–Crippen LogP) is 7.63. The number of fused-ring (bicyclic) bond motifs is 1. The van der Waals surface area contributed by atoms with Crippen LogP contribution in [-0.2, 0) is 13.5 Å². The monoisotopic (exact) mass is 410 g/mol. The SMILES string of the molecule is [2H]c1c([2H])[n+](C)c(-c2cc(-c3ccccc3)cc(C(C)C)c2C)c2ccc(CC(C)C)cc12. The lowest BCUT2D eigenvalue weighted by Gasteiger charge is -2.17. The molecule has 0 saturated carbocycles. The van der Waals surface area contributed by atoms with Crippen LogP contribution in [0.25, 0.3) is 33.2 Å². The summed E-state index contributed by atoms with van der Waals surface area (Å²) in [6.07, 6.45) is 1.22. The molecule has 0 aliphatic carbocycles. The number of benzene rings is 3. The second-order valence-corrected chi connectivity index (χ2v) is 9.38. The smallest absolute Gasteiger partial charge is 0.200 e. The third-order valence-electron chi connectivity index (χ3n) is 6.11. The molecule has 1 heterocycles. The first-order chi connectivity index (χ1) is 15.7. The summed E-state index contributed by atoms with van der Waals surface area (Å²) < 4.78 is 19.3. The number of hydrogen-bond acceptors (Lipinski definition) is 0. The second kappa shape index (κ2) is 8.67. The Labute approximate surface area is 190 Å². The van der Waals surface area contributed by atoms with E-state index >= 15 is 0 Å². The van der Waals surface area contributed by atoms with E-state index in [0.717, 1.165) is 28.5 Å². The minimum atomic E-state index is 0.245. The van der Waals surface area contributed by atoms with Gasteiger partial charge in [0.15, 0.2) is 6.17 Å². The molecule has 0 aliphatic rings. The number of hydrogen-bond donors (Lipinski definition) is 0. The van der Waals surface area contributed by atoms with Crippen molar-refractivity contribution in [2.75, 3.05) is 0 Å². The van der Waals surface area contributed by atoms with Crippen LogP contribution in [0, 0.1) is 12.8 Å². The Morgan fingerprint density at radius 1 is 0.903 bits per heavy atom. The first-order valence-electron chi connectivity index (χ1n) is 12.3. The van der Waals surface area contributed by atoms with Crippen molar-refractivity contribution >= 4 is 10.8 Å². The van der Waals surface area contributed by atoms with E-state index < -0.39 is 0 Å². The molecule has 1 nitrogen and oxygen atoms in total. The van der Waals surface area contributed by atoms with E-state index in [1.54, 1.807) is 0 Å². The number of aromatic nitrogens is 1. The van der Waals surface area contributed by atoms with Crippen molar-refractivity contribution in [2.24, 2.45) is 13.0 Å². The van der Waals surface area contributed by atoms with Gasteiger partial charge in [0.25, 0.3) is 0 Å². The van der Waals surface area contributed by atoms with E-state index in [0.29, 0.717) is 17.9 Å². The third-order valence-corrected chi connectivity index (χ3v) is 6.11. The van der Waals surface area contributed by atoms with Gasteiger partial charge in [0.2, 0.25) is 5.69 Å². The molecule has 3 aromatic carbocycles. The molecular weight excluding hydrogens is 374 g/mol. The Morgan fingerprint density at radius 3 is 2.32 bits per heavy atom. The summed E-state index contributed by atoms with van der Waals surface area (Å²) in [5, 5.41) is 1.90. The normalized spacial score (nSPS) is 12.5. The highest BCUT2D eigenvalue weighted by atomic mass is 14.9. The molecule has 4 aromatic rings. The van der Waals surface area contributed by atoms with Crippen LogP contribution in [0.4, 0.5) is 0 Å². The summed E-state index contributed by atoms with van der Waals surface area (Å²) >= 11 is 0. The van der Waals surface area contributed by atoms with Crippen LogP contribution in [0.3, 0.4) is 0 Å². The van der Waals surface area contributed by atoms with E-state index in [2.05, 4.69) is 89.2 Å². The maximum absolute atomic E-state index is 8.73. The zero-order chi connectivity index (χ0) is 23.9. The van der Waals surface area contributed by atoms with Crippen LogP contribution >= 0.6 is 0 Å². The highest BCUT2D eigenvalue weighted by Gasteiger charge is 2.21. The first-order valence-corrected chi connectivity index (χ1v) is 11.3. The molecule has 0 bridgehead atoms. The van der Waals surface area contributed by atoms with Crippen molar-refractivity contribution < 1.29 is 7.31 Å². The Hall–Kier alpha value is -2.93. The Morgan fingerprint density at radius 2 is 1.65 bits per heavy atom. The van der Waals surface area contributed by atoms with Gasteiger partial charge in [0, 0.05) is 6.04 Å². The van der Waals surface area contributed by atoms with Gasteiger partial charge in [-0.1, -0.05) is 76.2 Å². The van der Waals surface area contributed by atoms with Crippen LogP contribution in [0.1, 0.15) is 53.0 Å². The predicted molar refractivity (Wildman–Crippen MR) is 133 cm³/mol. The largest absolute Gasteiger partial charge is 0.220 e. The van der Waals surface area contributed by atoms with Gasteiger partial charge in [-0.05, 0) is 70.5 Å². The van der Waals surface area contributed by atoms with Crippen molar-refractivity contribution in [1.29, 1.82) is 0 Å². The van der Waals surface area contributed by atoms with E-state index in [9.17, 15) is 0 Å². The zero-order valence-corrected chi connectivity index (χ0v) is 19.6. The summed E-state index contributed by atoms with van der Waals surface area (Å²) in [5.41, 5.74) is 8.31. The van der Waals surface area contributed by atoms with Gasteiger partial charge in [-0.3, -0.25) is 0 Å². The Bertz CT molecular complexity index is 1320. The lowest BCUT2D eigenvalue weighted by Crippen LogP contribution is -2.31. The summed E-state index contributed by atoms with van der Waals surface area (Å²) in [4.78, 5) is 0. The molecule has 0 unspecified atom stereocenters. The van der Waals surface area contributed by atoms with Gasteiger partial charge in [-0.25, -0.2) is 4.57 Å². The average Bonchev–Trinajstić information content (AvgIpc) is 2.79. The fourth-order valence-corrected chi connectivity index (χ4v) is 4.59. The van der Waals surface area contributed by atoms with Crippen LogP contribution in [0.15, 0.2) is 72.9 Å². The maximum Gasteiger partial charge on any atom is 0.220 e. The molecule has 158 valence electrons. The minimum absolute atomic E-state index is 0.245. The van der Waals surface area contributed by atoms with Crippen LogP contribution < -0.4 is 4.57 Å². The fraction of sp³-hybridized carbons (Fsp3) is 0.300. The molecule has 0 amide bonds. The molecule has 31 heavy (non-hydrogen) atoms. The van der Waals surface area contributed by atoms with Crippen LogP contribution in [-0.4, -0.2) is 0 Å². The van der Waals surface area contributed by atoms with E-state index in [1.165, 1.54) is 27.8 Å². The zero-order valence-electron chi connectivity index (χ0n) is 21.6. The van der Waals surface area contributed by atoms with Crippen molar-refractivity contribution in [3.63, 3.8) is 0 Å². The van der Waals surface area contributed by atoms with Gasteiger partial charge in [0.05, 0.1) is 12.3 Å². The highest BCUT2D eigenvalue weighted by molar-refractivity contribution is 5.95. The molecule has 0 radical (unpaired) electrons. The maximum atomic E-state index is 8.73. The average molecular weight is 411 g/mol. The van der Waals surface area contributed by atoms with Crippen LogP contribution in [0.5, 0.6) is 0 Å². The molecule has 0 atom stereocenters. The Kier molecular flexibility index (Phi) is 5.26. The van der Waals surface area contributed by atoms with Gasteiger partial charge in [-0.15, -0.1) is 0 Å². The lowest BCUT2D eigenvalue weighted by molar-refractivity contribution is -0.659. The molecular formula is C30H34N+. The lowest BCUT2D eigenvalue weighted by atomic mass is 9.87. The summed E-state index contributed by atoms with van der Waals surface area (Å²) in [6, 6.07) is 21.8. The standard InChI is InChI=1S/C30H34N/c1-20(2)16-23-12-13-27-25(17-23)14-15-31(6)30(27)29-19-26(24-10-8-7-9-11-24)18-28(21(3)4)22(29)5/h7-15,17-21H,16H2,1-6H3/q+1/i14D,15D.